The standard InChI is InChI=1S/C13H19NO3/c1-13(2,3)17-9-12(16)14(4)10-5-7-11(15)8-6-10/h5-8,15H,9H2,1-4H3. The van der Waals surface area contributed by atoms with Gasteiger partial charge in [-0.1, -0.05) is 0 Å². The van der Waals surface area contributed by atoms with E-state index in [0.29, 0.717) is 0 Å². The third-order valence-electron chi connectivity index (χ3n) is 2.24. The van der Waals surface area contributed by atoms with E-state index in [1.807, 2.05) is 20.8 Å². The summed E-state index contributed by atoms with van der Waals surface area (Å²) in [5.74, 6) is 0.0613. The quantitative estimate of drug-likeness (QED) is 0.876. The average Bonchev–Trinajstić information content (AvgIpc) is 2.25. The SMILES string of the molecule is CN(C(=O)COC(C)(C)C)c1ccc(O)cc1. The van der Waals surface area contributed by atoms with Crippen LogP contribution in [0.5, 0.6) is 5.75 Å². The van der Waals surface area contributed by atoms with Gasteiger partial charge in [0, 0.05) is 12.7 Å². The Labute approximate surface area is 102 Å². The van der Waals surface area contributed by atoms with Crippen molar-refractivity contribution in [2.24, 2.45) is 0 Å². The van der Waals surface area contributed by atoms with E-state index in [-0.39, 0.29) is 23.9 Å². The zero-order chi connectivity index (χ0) is 13.1. The average molecular weight is 237 g/mol. The van der Waals surface area contributed by atoms with E-state index < -0.39 is 0 Å². The van der Waals surface area contributed by atoms with Gasteiger partial charge in [-0.25, -0.2) is 0 Å². The molecule has 0 unspecified atom stereocenters. The fourth-order valence-corrected chi connectivity index (χ4v) is 1.20. The number of carbonyl (C=O) groups excluding carboxylic acids is 1. The van der Waals surface area contributed by atoms with E-state index in [0.717, 1.165) is 5.69 Å². The number of carbonyl (C=O) groups is 1. The number of phenolic OH excluding ortho intramolecular Hbond substituents is 1. The lowest BCUT2D eigenvalue weighted by molar-refractivity contribution is -0.127. The van der Waals surface area contributed by atoms with Crippen molar-refractivity contribution in [3.63, 3.8) is 0 Å². The van der Waals surface area contributed by atoms with Crippen LogP contribution in [0.1, 0.15) is 20.8 Å². The van der Waals surface area contributed by atoms with Gasteiger partial charge in [-0.15, -0.1) is 0 Å². The number of likely N-dealkylation sites (N-methyl/N-ethyl adjacent to an activating group) is 1. The lowest BCUT2D eigenvalue weighted by atomic mass is 10.2. The largest absolute Gasteiger partial charge is 0.508 e. The zero-order valence-electron chi connectivity index (χ0n) is 10.7. The summed E-state index contributed by atoms with van der Waals surface area (Å²) < 4.78 is 5.42. The van der Waals surface area contributed by atoms with Crippen LogP contribution in [0.3, 0.4) is 0 Å². The molecule has 0 fully saturated rings. The summed E-state index contributed by atoms with van der Waals surface area (Å²) in [7, 11) is 1.68. The minimum absolute atomic E-state index is 0.0425. The molecule has 0 aliphatic rings. The van der Waals surface area contributed by atoms with Crippen molar-refractivity contribution in [1.29, 1.82) is 0 Å². The maximum absolute atomic E-state index is 11.8. The van der Waals surface area contributed by atoms with Gasteiger partial charge in [-0.05, 0) is 45.0 Å². The molecule has 0 aromatic heterocycles. The second kappa shape index (κ2) is 5.19. The number of nitrogens with zero attached hydrogens (tertiary/aromatic N) is 1. The molecule has 0 aliphatic carbocycles. The highest BCUT2D eigenvalue weighted by atomic mass is 16.5. The smallest absolute Gasteiger partial charge is 0.252 e. The lowest BCUT2D eigenvalue weighted by Crippen LogP contribution is -2.33. The summed E-state index contributed by atoms with van der Waals surface area (Å²) in [4.78, 5) is 13.3. The fraction of sp³-hybridized carbons (Fsp3) is 0.462. The van der Waals surface area contributed by atoms with Crippen molar-refractivity contribution in [3.05, 3.63) is 24.3 Å². The van der Waals surface area contributed by atoms with Gasteiger partial charge in [0.1, 0.15) is 12.4 Å². The van der Waals surface area contributed by atoms with Crippen LogP contribution in [0, 0.1) is 0 Å². The third kappa shape index (κ3) is 4.44. The highest BCUT2D eigenvalue weighted by molar-refractivity contribution is 5.93. The van der Waals surface area contributed by atoms with Crippen LogP contribution < -0.4 is 4.90 Å². The molecule has 1 rings (SSSR count). The second-order valence-electron chi connectivity index (χ2n) is 4.87. The van der Waals surface area contributed by atoms with Gasteiger partial charge in [0.25, 0.3) is 5.91 Å². The minimum atomic E-state index is -0.328. The van der Waals surface area contributed by atoms with E-state index in [1.165, 1.54) is 4.90 Å². The lowest BCUT2D eigenvalue weighted by Gasteiger charge is -2.22. The van der Waals surface area contributed by atoms with E-state index in [9.17, 15) is 4.79 Å². The van der Waals surface area contributed by atoms with E-state index in [2.05, 4.69) is 0 Å². The minimum Gasteiger partial charge on any atom is -0.508 e. The van der Waals surface area contributed by atoms with E-state index in [1.54, 1.807) is 31.3 Å². The molecule has 0 atom stereocenters. The first-order chi connectivity index (χ1) is 7.79. The molecule has 17 heavy (non-hydrogen) atoms. The van der Waals surface area contributed by atoms with Gasteiger partial charge in [0.05, 0.1) is 5.60 Å². The summed E-state index contributed by atoms with van der Waals surface area (Å²) >= 11 is 0. The Kier molecular flexibility index (Phi) is 4.12. The van der Waals surface area contributed by atoms with Crippen molar-refractivity contribution in [2.75, 3.05) is 18.6 Å². The summed E-state index contributed by atoms with van der Waals surface area (Å²) in [6.45, 7) is 5.75. The van der Waals surface area contributed by atoms with Crippen molar-refractivity contribution < 1.29 is 14.6 Å². The predicted molar refractivity (Wildman–Crippen MR) is 67.2 cm³/mol. The highest BCUT2D eigenvalue weighted by Gasteiger charge is 2.16. The van der Waals surface area contributed by atoms with Gasteiger partial charge in [0.2, 0.25) is 0 Å². The Morgan fingerprint density at radius 2 is 1.82 bits per heavy atom. The third-order valence-corrected chi connectivity index (χ3v) is 2.24. The van der Waals surface area contributed by atoms with Crippen LogP contribution >= 0.6 is 0 Å². The number of phenols is 1. The van der Waals surface area contributed by atoms with Crippen LogP contribution in [0.4, 0.5) is 5.69 Å². The molecule has 4 nitrogen and oxygen atoms in total. The number of hydrogen-bond donors (Lipinski definition) is 1. The summed E-state index contributed by atoms with van der Waals surface area (Å²) in [6.07, 6.45) is 0. The van der Waals surface area contributed by atoms with Crippen molar-refractivity contribution >= 4 is 11.6 Å². The number of aromatic hydroxyl groups is 1. The Bertz CT molecular complexity index is 379. The van der Waals surface area contributed by atoms with Gasteiger partial charge in [-0.2, -0.15) is 0 Å². The molecule has 1 aromatic carbocycles. The molecule has 0 aliphatic heterocycles. The summed E-state index contributed by atoms with van der Waals surface area (Å²) in [6, 6.07) is 6.46. The molecule has 0 spiro atoms. The molecule has 1 aromatic rings. The van der Waals surface area contributed by atoms with Crippen LogP contribution in [0.2, 0.25) is 0 Å². The first kappa shape index (κ1) is 13.5. The van der Waals surface area contributed by atoms with Crippen LogP contribution in [-0.4, -0.2) is 30.3 Å². The first-order valence-electron chi connectivity index (χ1n) is 5.49. The van der Waals surface area contributed by atoms with Crippen molar-refractivity contribution in [2.45, 2.75) is 26.4 Å². The fourth-order valence-electron chi connectivity index (χ4n) is 1.20. The van der Waals surface area contributed by atoms with Gasteiger partial charge < -0.3 is 14.7 Å². The maximum Gasteiger partial charge on any atom is 0.252 e. The summed E-state index contributed by atoms with van der Waals surface area (Å²) in [5.41, 5.74) is 0.399. The van der Waals surface area contributed by atoms with E-state index in [4.69, 9.17) is 9.84 Å². The topological polar surface area (TPSA) is 49.8 Å². The molecule has 0 radical (unpaired) electrons. The molecule has 4 heteroatoms. The summed E-state index contributed by atoms with van der Waals surface area (Å²) in [5, 5.41) is 9.16. The number of amides is 1. The van der Waals surface area contributed by atoms with Gasteiger partial charge in [-0.3, -0.25) is 4.79 Å². The Morgan fingerprint density at radius 1 is 1.29 bits per heavy atom. The van der Waals surface area contributed by atoms with Crippen LogP contribution in [-0.2, 0) is 9.53 Å². The molecule has 94 valence electrons. The second-order valence-corrected chi connectivity index (χ2v) is 4.87. The first-order valence-corrected chi connectivity index (χ1v) is 5.49. The Balaban J connectivity index is 2.61. The molecule has 1 amide bonds. The molecule has 1 N–H and O–H groups in total. The van der Waals surface area contributed by atoms with Crippen molar-refractivity contribution in [3.8, 4) is 5.75 Å². The van der Waals surface area contributed by atoms with Crippen LogP contribution in [0.15, 0.2) is 24.3 Å². The number of ether oxygens (including phenoxy) is 1. The molecule has 0 saturated heterocycles. The predicted octanol–water partition coefficient (Wildman–Crippen LogP) is 2.17. The molecular weight excluding hydrogens is 218 g/mol. The van der Waals surface area contributed by atoms with Crippen molar-refractivity contribution in [1.82, 2.24) is 0 Å². The van der Waals surface area contributed by atoms with Gasteiger partial charge in [0.15, 0.2) is 0 Å². The molecule has 0 bridgehead atoms. The number of benzene rings is 1. The number of hydrogen-bond acceptors (Lipinski definition) is 3. The highest BCUT2D eigenvalue weighted by Crippen LogP contribution is 2.17. The Hall–Kier alpha value is -1.55. The normalized spacial score (nSPS) is 11.3. The van der Waals surface area contributed by atoms with Crippen LogP contribution in [0.25, 0.3) is 0 Å². The zero-order valence-corrected chi connectivity index (χ0v) is 10.7. The van der Waals surface area contributed by atoms with Gasteiger partial charge >= 0.3 is 0 Å². The molecule has 0 saturated carbocycles. The monoisotopic (exact) mass is 237 g/mol. The maximum atomic E-state index is 11.8. The van der Waals surface area contributed by atoms with E-state index >= 15 is 0 Å². The number of rotatable bonds is 3. The Morgan fingerprint density at radius 3 is 2.29 bits per heavy atom. The molecular formula is C13H19NO3. The number of anilines is 1. The molecule has 0 heterocycles.